The number of primary amides is 1. The minimum absolute atomic E-state index is 0.0335. The maximum absolute atomic E-state index is 13.9. The number of methoxy groups -OCH3 is 2. The van der Waals surface area contributed by atoms with Crippen LogP contribution in [-0.2, 0) is 25.6 Å². The highest BCUT2D eigenvalue weighted by Crippen LogP contribution is 2.52. The SMILES string of the molecule is COc1ccc(OC)c(-c2ccc(O)c3c2C[C@H]2C[C@H]4[C@H](N(C)C)C(=O)C(C(N)=O)C(=O)[C@@]4(O)C(=O)C2C3=O)c1. The Labute approximate surface area is 229 Å². The van der Waals surface area contributed by atoms with E-state index in [0.29, 0.717) is 28.2 Å². The molecule has 0 aromatic heterocycles. The molecule has 210 valence electrons. The van der Waals surface area contributed by atoms with E-state index in [1.54, 1.807) is 38.4 Å². The van der Waals surface area contributed by atoms with Crippen LogP contribution in [0, 0.1) is 23.7 Å². The maximum Gasteiger partial charge on any atom is 0.235 e. The third-order valence-electron chi connectivity index (χ3n) is 8.64. The number of ketones is 4. The first-order valence-electron chi connectivity index (χ1n) is 12.8. The van der Waals surface area contributed by atoms with Crippen LogP contribution in [0.4, 0.5) is 0 Å². The van der Waals surface area contributed by atoms with Gasteiger partial charge in [0.1, 0.15) is 17.2 Å². The minimum atomic E-state index is -2.76. The zero-order chi connectivity index (χ0) is 29.3. The summed E-state index contributed by atoms with van der Waals surface area (Å²) in [5, 5.41) is 22.5. The molecule has 11 nitrogen and oxygen atoms in total. The predicted molar refractivity (Wildman–Crippen MR) is 140 cm³/mol. The Morgan fingerprint density at radius 2 is 1.73 bits per heavy atom. The second-order valence-electron chi connectivity index (χ2n) is 10.8. The lowest BCUT2D eigenvalue weighted by Crippen LogP contribution is -2.74. The molecule has 0 spiro atoms. The van der Waals surface area contributed by atoms with E-state index >= 15 is 0 Å². The molecule has 0 saturated heterocycles. The zero-order valence-corrected chi connectivity index (χ0v) is 22.5. The minimum Gasteiger partial charge on any atom is -0.507 e. The molecule has 2 aromatic carbocycles. The van der Waals surface area contributed by atoms with Gasteiger partial charge in [0.15, 0.2) is 34.7 Å². The van der Waals surface area contributed by atoms with Gasteiger partial charge in [-0.15, -0.1) is 0 Å². The fraction of sp³-hybridized carbons (Fsp3) is 0.414. The van der Waals surface area contributed by atoms with Crippen molar-refractivity contribution in [2.24, 2.45) is 29.4 Å². The largest absolute Gasteiger partial charge is 0.507 e. The maximum atomic E-state index is 13.9. The Hall–Kier alpha value is -4.09. The highest BCUT2D eigenvalue weighted by molar-refractivity contribution is 6.32. The van der Waals surface area contributed by atoms with E-state index in [4.69, 9.17) is 15.2 Å². The number of Topliss-reactive ketones (excluding diaryl/α,β-unsaturated/α-hetero) is 4. The van der Waals surface area contributed by atoms with Gasteiger partial charge in [-0.25, -0.2) is 0 Å². The van der Waals surface area contributed by atoms with Crippen LogP contribution in [-0.4, -0.2) is 84.1 Å². The van der Waals surface area contributed by atoms with E-state index in [-0.39, 0.29) is 24.2 Å². The summed E-state index contributed by atoms with van der Waals surface area (Å²) in [5.41, 5.74) is 4.15. The number of nitrogens with two attached hydrogens (primary N) is 1. The van der Waals surface area contributed by atoms with Gasteiger partial charge >= 0.3 is 0 Å². The monoisotopic (exact) mass is 550 g/mol. The third-order valence-corrected chi connectivity index (χ3v) is 8.64. The summed E-state index contributed by atoms with van der Waals surface area (Å²) in [5.74, 6) is -9.86. The van der Waals surface area contributed by atoms with E-state index in [9.17, 15) is 34.2 Å². The number of hydrogen-bond donors (Lipinski definition) is 3. The number of hydrogen-bond acceptors (Lipinski definition) is 10. The number of phenolic OH excluding ortho intramolecular Hbond substituents is 1. The molecule has 1 amide bonds. The van der Waals surface area contributed by atoms with Crippen LogP contribution < -0.4 is 15.2 Å². The van der Waals surface area contributed by atoms with Gasteiger partial charge in [-0.05, 0) is 68.2 Å². The van der Waals surface area contributed by atoms with Crippen LogP contribution in [0.5, 0.6) is 17.2 Å². The Morgan fingerprint density at radius 3 is 2.33 bits per heavy atom. The number of likely N-dealkylation sites (N-methyl/N-ethyl adjacent to an activating group) is 1. The van der Waals surface area contributed by atoms with E-state index in [2.05, 4.69) is 0 Å². The topological polar surface area (TPSA) is 174 Å². The van der Waals surface area contributed by atoms with Crippen molar-refractivity contribution in [3.05, 3.63) is 41.5 Å². The molecule has 2 saturated carbocycles. The first-order chi connectivity index (χ1) is 18.9. The summed E-state index contributed by atoms with van der Waals surface area (Å²) in [6.07, 6.45) is 0.101. The van der Waals surface area contributed by atoms with Crippen molar-refractivity contribution in [3.63, 3.8) is 0 Å². The van der Waals surface area contributed by atoms with Crippen molar-refractivity contribution < 1.29 is 43.7 Å². The van der Waals surface area contributed by atoms with Crippen LogP contribution in [0.15, 0.2) is 30.3 Å². The summed E-state index contributed by atoms with van der Waals surface area (Å²) in [6, 6.07) is 6.98. The van der Waals surface area contributed by atoms with Crippen LogP contribution in [0.2, 0.25) is 0 Å². The highest BCUT2D eigenvalue weighted by atomic mass is 16.5. The fourth-order valence-electron chi connectivity index (χ4n) is 6.88. The number of ether oxygens (including phenoxy) is 2. The van der Waals surface area contributed by atoms with Crippen molar-refractivity contribution in [3.8, 4) is 28.4 Å². The molecular formula is C29H30N2O9. The van der Waals surface area contributed by atoms with Gasteiger partial charge in [0.25, 0.3) is 0 Å². The third kappa shape index (κ3) is 3.68. The summed E-state index contributed by atoms with van der Waals surface area (Å²) < 4.78 is 10.9. The van der Waals surface area contributed by atoms with E-state index < -0.39 is 64.4 Å². The quantitative estimate of drug-likeness (QED) is 0.446. The number of carbonyl (C=O) groups excluding carboxylic acids is 5. The molecule has 0 heterocycles. The van der Waals surface area contributed by atoms with E-state index in [1.165, 1.54) is 25.2 Å². The van der Waals surface area contributed by atoms with Crippen molar-refractivity contribution in [2.45, 2.75) is 24.5 Å². The van der Waals surface area contributed by atoms with Gasteiger partial charge in [0, 0.05) is 11.5 Å². The molecule has 0 aliphatic heterocycles. The molecule has 11 heteroatoms. The van der Waals surface area contributed by atoms with Crippen LogP contribution in [0.25, 0.3) is 11.1 Å². The van der Waals surface area contributed by atoms with Gasteiger partial charge in [0.05, 0.1) is 31.7 Å². The molecule has 2 aromatic rings. The van der Waals surface area contributed by atoms with Gasteiger partial charge < -0.3 is 25.4 Å². The fourth-order valence-corrected chi connectivity index (χ4v) is 6.88. The molecule has 2 unspecified atom stereocenters. The Balaban J connectivity index is 1.68. The molecule has 2 fully saturated rings. The summed E-state index contributed by atoms with van der Waals surface area (Å²) in [4.78, 5) is 68.1. The summed E-state index contributed by atoms with van der Waals surface area (Å²) in [6.45, 7) is 0. The lowest BCUT2D eigenvalue weighted by Gasteiger charge is -2.52. The average Bonchev–Trinajstić information content (AvgIpc) is 2.90. The second-order valence-corrected chi connectivity index (χ2v) is 10.8. The number of rotatable bonds is 5. The molecule has 5 rings (SSSR count). The van der Waals surface area contributed by atoms with Crippen molar-refractivity contribution in [1.82, 2.24) is 4.90 Å². The summed E-state index contributed by atoms with van der Waals surface area (Å²) >= 11 is 0. The van der Waals surface area contributed by atoms with E-state index in [1.807, 2.05) is 0 Å². The lowest BCUT2D eigenvalue weighted by atomic mass is 9.52. The van der Waals surface area contributed by atoms with Crippen LogP contribution >= 0.6 is 0 Å². The van der Waals surface area contributed by atoms with Gasteiger partial charge in [-0.1, -0.05) is 6.07 Å². The van der Waals surface area contributed by atoms with E-state index in [0.717, 1.165) is 0 Å². The zero-order valence-electron chi connectivity index (χ0n) is 22.5. The lowest BCUT2D eigenvalue weighted by molar-refractivity contribution is -0.181. The molecule has 4 N–H and O–H groups in total. The number of phenols is 1. The Kier molecular flexibility index (Phi) is 6.54. The van der Waals surface area contributed by atoms with Gasteiger partial charge in [0.2, 0.25) is 5.91 Å². The van der Waals surface area contributed by atoms with Crippen LogP contribution in [0.3, 0.4) is 0 Å². The number of aliphatic hydroxyl groups is 1. The summed E-state index contributed by atoms with van der Waals surface area (Å²) in [7, 11) is 6.09. The number of aromatic hydroxyl groups is 1. The standard InChI is InChI=1S/C29H30N2O9/c1-31(2)23-17-10-12-9-16-14(15-11-13(39-3)5-8-19(15)40-4)6-7-18(32)21(16)24(33)20(12)26(35)29(17,38)27(36)22(25(23)34)28(30)37/h5-8,11-12,17,20,22-23,32,38H,9-10H2,1-4H3,(H2,30,37)/t12-,17-,20?,22?,23-,29-/m0/s1. The van der Waals surface area contributed by atoms with Crippen molar-refractivity contribution in [1.29, 1.82) is 0 Å². The van der Waals surface area contributed by atoms with Crippen molar-refractivity contribution >= 4 is 29.0 Å². The van der Waals surface area contributed by atoms with Gasteiger partial charge in [-0.2, -0.15) is 0 Å². The number of carbonyl (C=O) groups is 5. The number of fused-ring (bicyclic) bond motifs is 3. The molecule has 3 aliphatic rings. The highest BCUT2D eigenvalue weighted by Gasteiger charge is 2.69. The Morgan fingerprint density at radius 1 is 1.02 bits per heavy atom. The number of nitrogens with zero attached hydrogens (tertiary/aromatic N) is 1. The molecule has 6 atom stereocenters. The first-order valence-corrected chi connectivity index (χ1v) is 12.8. The smallest absolute Gasteiger partial charge is 0.235 e. The molecule has 40 heavy (non-hydrogen) atoms. The van der Waals surface area contributed by atoms with Crippen molar-refractivity contribution in [2.75, 3.05) is 28.3 Å². The number of amides is 1. The molecule has 0 radical (unpaired) electrons. The molecule has 3 aliphatic carbocycles. The number of benzene rings is 2. The average molecular weight is 551 g/mol. The first kappa shape index (κ1) is 27.5. The molecule has 0 bridgehead atoms. The molecular weight excluding hydrogens is 520 g/mol. The Bertz CT molecular complexity index is 1480. The predicted octanol–water partition coefficient (Wildman–Crippen LogP) is 0.551. The normalized spacial score (nSPS) is 29.5. The van der Waals surface area contributed by atoms with Gasteiger partial charge in [-0.3, -0.25) is 28.9 Å². The second kappa shape index (κ2) is 9.53. The van der Waals surface area contributed by atoms with Crippen LogP contribution in [0.1, 0.15) is 22.3 Å².